The number of ether oxygens (including phenoxy) is 2. The Balaban J connectivity index is 1.68. The number of ketones is 1. The van der Waals surface area contributed by atoms with E-state index in [1.165, 1.54) is 0 Å². The van der Waals surface area contributed by atoms with E-state index in [2.05, 4.69) is 4.90 Å². The number of morpholine rings is 1. The SMILES string of the molecule is CCCOc1ccc([C@H]2/C(=C(\O)c3ccccc3)C(=O)C(=O)N2CCN2CCOCC2)cc1. The van der Waals surface area contributed by atoms with Crippen molar-refractivity contribution in [3.05, 3.63) is 71.3 Å². The fourth-order valence-electron chi connectivity index (χ4n) is 4.25. The summed E-state index contributed by atoms with van der Waals surface area (Å²) in [5.41, 5.74) is 1.39. The zero-order valence-corrected chi connectivity index (χ0v) is 18.9. The Kier molecular flexibility index (Phi) is 7.42. The van der Waals surface area contributed by atoms with Gasteiger partial charge in [0.25, 0.3) is 11.7 Å². The second-order valence-corrected chi connectivity index (χ2v) is 8.23. The molecule has 0 unspecified atom stereocenters. The third kappa shape index (κ3) is 5.10. The van der Waals surface area contributed by atoms with Gasteiger partial charge in [0, 0.05) is 31.7 Å². The highest BCUT2D eigenvalue weighted by Crippen LogP contribution is 2.39. The summed E-state index contributed by atoms with van der Waals surface area (Å²) in [6.07, 6.45) is 0.903. The summed E-state index contributed by atoms with van der Waals surface area (Å²) in [7, 11) is 0. The van der Waals surface area contributed by atoms with Crippen LogP contribution in [0, 0.1) is 0 Å². The third-order valence-electron chi connectivity index (χ3n) is 6.02. The molecule has 0 spiro atoms. The van der Waals surface area contributed by atoms with E-state index >= 15 is 0 Å². The highest BCUT2D eigenvalue weighted by Gasteiger charge is 2.46. The highest BCUT2D eigenvalue weighted by molar-refractivity contribution is 6.46. The molecule has 1 amide bonds. The van der Waals surface area contributed by atoms with Crippen LogP contribution in [0.2, 0.25) is 0 Å². The highest BCUT2D eigenvalue weighted by atomic mass is 16.5. The molecule has 2 aliphatic heterocycles. The maximum Gasteiger partial charge on any atom is 0.295 e. The maximum absolute atomic E-state index is 13.1. The summed E-state index contributed by atoms with van der Waals surface area (Å²) in [5, 5.41) is 11.1. The lowest BCUT2D eigenvalue weighted by atomic mass is 9.95. The molecule has 2 fully saturated rings. The van der Waals surface area contributed by atoms with Gasteiger partial charge in [0.1, 0.15) is 11.5 Å². The fraction of sp³-hybridized carbons (Fsp3) is 0.385. The quantitative estimate of drug-likeness (QED) is 0.378. The average molecular weight is 451 g/mol. The van der Waals surface area contributed by atoms with Crippen molar-refractivity contribution < 1.29 is 24.2 Å². The molecule has 2 aromatic carbocycles. The van der Waals surface area contributed by atoms with Crippen LogP contribution in [0.15, 0.2) is 60.2 Å². The van der Waals surface area contributed by atoms with Gasteiger partial charge in [0.15, 0.2) is 0 Å². The van der Waals surface area contributed by atoms with Crippen molar-refractivity contribution in [3.63, 3.8) is 0 Å². The molecule has 4 rings (SSSR count). The van der Waals surface area contributed by atoms with Crippen LogP contribution in [0.5, 0.6) is 5.75 Å². The predicted molar refractivity (Wildman–Crippen MR) is 125 cm³/mol. The number of aliphatic hydroxyl groups excluding tert-OH is 1. The number of nitrogens with zero attached hydrogens (tertiary/aromatic N) is 2. The molecule has 33 heavy (non-hydrogen) atoms. The van der Waals surface area contributed by atoms with Crippen LogP contribution < -0.4 is 4.74 Å². The standard InChI is InChI=1S/C26H30N2O5/c1-2-16-33-21-10-8-19(9-11-21)23-22(24(29)20-6-4-3-5-7-20)25(30)26(31)28(23)13-12-27-14-17-32-18-15-27/h3-11,23,29H,2,12-18H2,1H3/b24-22+/t23-/m0/s1. The molecule has 0 radical (unpaired) electrons. The van der Waals surface area contributed by atoms with Crippen LogP contribution in [0.3, 0.4) is 0 Å². The van der Waals surface area contributed by atoms with E-state index in [1.807, 2.05) is 37.3 Å². The van der Waals surface area contributed by atoms with Crippen molar-refractivity contribution in [1.82, 2.24) is 9.80 Å². The first-order valence-corrected chi connectivity index (χ1v) is 11.5. The minimum absolute atomic E-state index is 0.121. The summed E-state index contributed by atoms with van der Waals surface area (Å²) in [6.45, 7) is 6.59. The monoisotopic (exact) mass is 450 g/mol. The molecule has 0 aliphatic carbocycles. The largest absolute Gasteiger partial charge is 0.507 e. The van der Waals surface area contributed by atoms with Gasteiger partial charge in [-0.15, -0.1) is 0 Å². The predicted octanol–water partition coefficient (Wildman–Crippen LogP) is 3.23. The van der Waals surface area contributed by atoms with Crippen LogP contribution in [0.25, 0.3) is 5.76 Å². The van der Waals surface area contributed by atoms with Crippen LogP contribution in [-0.4, -0.2) is 72.6 Å². The molecule has 2 aliphatic rings. The van der Waals surface area contributed by atoms with E-state index in [1.54, 1.807) is 29.2 Å². The van der Waals surface area contributed by atoms with E-state index in [0.29, 0.717) is 38.5 Å². The molecule has 0 saturated carbocycles. The molecule has 7 nitrogen and oxygen atoms in total. The van der Waals surface area contributed by atoms with Gasteiger partial charge in [0.2, 0.25) is 0 Å². The Morgan fingerprint density at radius 3 is 2.39 bits per heavy atom. The first kappa shape index (κ1) is 23.0. The molecule has 1 atom stereocenters. The summed E-state index contributed by atoms with van der Waals surface area (Å²) in [5.74, 6) is -0.667. The van der Waals surface area contributed by atoms with E-state index < -0.39 is 17.7 Å². The van der Waals surface area contributed by atoms with Crippen molar-refractivity contribution in [2.45, 2.75) is 19.4 Å². The van der Waals surface area contributed by atoms with Gasteiger partial charge in [-0.25, -0.2) is 0 Å². The topological polar surface area (TPSA) is 79.3 Å². The Hall–Kier alpha value is -3.16. The van der Waals surface area contributed by atoms with E-state index in [9.17, 15) is 14.7 Å². The fourth-order valence-corrected chi connectivity index (χ4v) is 4.25. The lowest BCUT2D eigenvalue weighted by molar-refractivity contribution is -0.140. The number of carbonyl (C=O) groups excluding carboxylic acids is 2. The van der Waals surface area contributed by atoms with E-state index in [0.717, 1.165) is 30.8 Å². The van der Waals surface area contributed by atoms with Crippen molar-refractivity contribution in [2.24, 2.45) is 0 Å². The van der Waals surface area contributed by atoms with Crippen molar-refractivity contribution >= 4 is 17.4 Å². The molecule has 0 aromatic heterocycles. The first-order chi connectivity index (χ1) is 16.1. The van der Waals surface area contributed by atoms with Crippen LogP contribution in [0.1, 0.15) is 30.5 Å². The number of Topliss-reactive ketones (excluding diaryl/α,β-unsaturated/α-hetero) is 1. The number of aliphatic hydroxyl groups is 1. The Morgan fingerprint density at radius 2 is 1.73 bits per heavy atom. The van der Waals surface area contributed by atoms with Crippen molar-refractivity contribution in [1.29, 1.82) is 0 Å². The number of rotatable bonds is 8. The minimum Gasteiger partial charge on any atom is -0.507 e. The molecular weight excluding hydrogens is 420 g/mol. The lowest BCUT2D eigenvalue weighted by Gasteiger charge is -2.31. The molecule has 1 N–H and O–H groups in total. The van der Waals surface area contributed by atoms with Gasteiger partial charge in [0.05, 0.1) is 31.4 Å². The number of benzene rings is 2. The molecule has 0 bridgehead atoms. The first-order valence-electron chi connectivity index (χ1n) is 11.5. The molecule has 7 heteroatoms. The molecule has 174 valence electrons. The Bertz CT molecular complexity index is 997. The molecular formula is C26H30N2O5. The number of hydrogen-bond donors (Lipinski definition) is 1. The van der Waals surface area contributed by atoms with Crippen LogP contribution >= 0.6 is 0 Å². The Morgan fingerprint density at radius 1 is 1.03 bits per heavy atom. The van der Waals surface area contributed by atoms with Crippen LogP contribution in [0.4, 0.5) is 0 Å². The van der Waals surface area contributed by atoms with Crippen molar-refractivity contribution in [3.8, 4) is 5.75 Å². The lowest BCUT2D eigenvalue weighted by Crippen LogP contribution is -2.42. The average Bonchev–Trinajstić information content (AvgIpc) is 3.12. The number of carbonyl (C=O) groups is 2. The van der Waals surface area contributed by atoms with E-state index in [4.69, 9.17) is 9.47 Å². The van der Waals surface area contributed by atoms with Crippen LogP contribution in [-0.2, 0) is 14.3 Å². The second kappa shape index (κ2) is 10.6. The minimum atomic E-state index is -0.661. The molecule has 2 aromatic rings. The smallest absolute Gasteiger partial charge is 0.295 e. The van der Waals surface area contributed by atoms with E-state index in [-0.39, 0.29) is 11.3 Å². The van der Waals surface area contributed by atoms with Gasteiger partial charge < -0.3 is 19.5 Å². The zero-order valence-electron chi connectivity index (χ0n) is 18.9. The zero-order chi connectivity index (χ0) is 23.2. The number of amides is 1. The molecule has 2 heterocycles. The number of likely N-dealkylation sites (tertiary alicyclic amines) is 1. The number of hydrogen-bond acceptors (Lipinski definition) is 6. The normalized spacial score (nSPS) is 20.9. The van der Waals surface area contributed by atoms with Gasteiger partial charge >= 0.3 is 0 Å². The van der Waals surface area contributed by atoms with Gasteiger partial charge in [-0.1, -0.05) is 49.4 Å². The third-order valence-corrected chi connectivity index (χ3v) is 6.02. The van der Waals surface area contributed by atoms with Gasteiger partial charge in [-0.2, -0.15) is 0 Å². The van der Waals surface area contributed by atoms with Crippen molar-refractivity contribution in [2.75, 3.05) is 46.0 Å². The summed E-state index contributed by atoms with van der Waals surface area (Å²) in [4.78, 5) is 30.0. The van der Waals surface area contributed by atoms with Gasteiger partial charge in [-0.05, 0) is 24.1 Å². The summed E-state index contributed by atoms with van der Waals surface area (Å²) in [6, 6.07) is 15.6. The summed E-state index contributed by atoms with van der Waals surface area (Å²) >= 11 is 0. The van der Waals surface area contributed by atoms with Gasteiger partial charge in [-0.3, -0.25) is 14.5 Å². The summed E-state index contributed by atoms with van der Waals surface area (Å²) < 4.78 is 11.1. The second-order valence-electron chi connectivity index (χ2n) is 8.23. The molecule has 2 saturated heterocycles. The Labute approximate surface area is 194 Å². The maximum atomic E-state index is 13.1.